The first-order valence-electron chi connectivity index (χ1n) is 9.71. The van der Waals surface area contributed by atoms with Crippen LogP contribution in [0.4, 0.5) is 0 Å². The van der Waals surface area contributed by atoms with Crippen molar-refractivity contribution < 1.29 is 4.79 Å². The van der Waals surface area contributed by atoms with E-state index in [1.807, 2.05) is 20.8 Å². The van der Waals surface area contributed by atoms with E-state index in [4.69, 9.17) is 11.6 Å². The van der Waals surface area contributed by atoms with Crippen LogP contribution in [0.25, 0.3) is 16.6 Å². The third-order valence-corrected chi connectivity index (χ3v) is 5.37. The summed E-state index contributed by atoms with van der Waals surface area (Å²) in [6.45, 7) is 6.17. The van der Waals surface area contributed by atoms with Gasteiger partial charge in [0.05, 0.1) is 16.6 Å². The number of rotatable bonds is 6. The molecule has 1 heterocycles. The molecule has 1 amide bonds. The number of nitrogens with one attached hydrogen (secondary N) is 1. The van der Waals surface area contributed by atoms with Crippen LogP contribution in [0.5, 0.6) is 0 Å². The molecule has 29 heavy (non-hydrogen) atoms. The molecule has 6 nitrogen and oxygen atoms in total. The van der Waals surface area contributed by atoms with Gasteiger partial charge in [0.1, 0.15) is 6.04 Å². The Morgan fingerprint density at radius 3 is 2.52 bits per heavy atom. The Bertz CT molecular complexity index is 1180. The van der Waals surface area contributed by atoms with Gasteiger partial charge >= 0.3 is 5.69 Å². The molecule has 0 fully saturated rings. The minimum absolute atomic E-state index is 0.242. The summed E-state index contributed by atoms with van der Waals surface area (Å²) in [5, 5.41) is 3.68. The number of amides is 1. The Labute approximate surface area is 173 Å². The second-order valence-electron chi connectivity index (χ2n) is 6.96. The zero-order valence-electron chi connectivity index (χ0n) is 16.7. The molecule has 0 saturated heterocycles. The summed E-state index contributed by atoms with van der Waals surface area (Å²) in [5.41, 5.74) is 0.655. The summed E-state index contributed by atoms with van der Waals surface area (Å²) in [6.07, 6.45) is 1.20. The maximum atomic E-state index is 13.5. The molecular weight excluding hydrogens is 390 g/mol. The highest BCUT2D eigenvalue weighted by atomic mass is 35.5. The van der Waals surface area contributed by atoms with Crippen molar-refractivity contribution in [2.24, 2.45) is 0 Å². The summed E-state index contributed by atoms with van der Waals surface area (Å²) in [5.74, 6) is -0.242. The molecule has 0 aliphatic heterocycles. The quantitative estimate of drug-likeness (QED) is 0.671. The first kappa shape index (κ1) is 20.9. The molecular formula is C22H24ClN3O3. The maximum absolute atomic E-state index is 13.5. The molecule has 1 N–H and O–H groups in total. The van der Waals surface area contributed by atoms with Crippen molar-refractivity contribution in [1.29, 1.82) is 0 Å². The molecule has 2 aromatic carbocycles. The van der Waals surface area contributed by atoms with Crippen molar-refractivity contribution in [2.75, 3.05) is 6.54 Å². The van der Waals surface area contributed by atoms with Gasteiger partial charge in [-0.05, 0) is 49.6 Å². The van der Waals surface area contributed by atoms with Crippen molar-refractivity contribution in [3.8, 4) is 5.69 Å². The average Bonchev–Trinajstić information content (AvgIpc) is 2.72. The first-order valence-corrected chi connectivity index (χ1v) is 10.1. The van der Waals surface area contributed by atoms with Gasteiger partial charge in [-0.2, -0.15) is 0 Å². The molecule has 0 aliphatic rings. The van der Waals surface area contributed by atoms with E-state index >= 15 is 0 Å². The highest BCUT2D eigenvalue weighted by molar-refractivity contribution is 6.31. The summed E-state index contributed by atoms with van der Waals surface area (Å²) < 4.78 is 2.50. The van der Waals surface area contributed by atoms with E-state index in [0.717, 1.165) is 16.6 Å². The molecule has 0 spiro atoms. The Morgan fingerprint density at radius 2 is 1.86 bits per heavy atom. The number of halogens is 1. The molecule has 0 bridgehead atoms. The molecule has 3 rings (SSSR count). The summed E-state index contributed by atoms with van der Waals surface area (Å²) >= 11 is 6.24. The lowest BCUT2D eigenvalue weighted by Gasteiger charge is -2.21. The first-order chi connectivity index (χ1) is 13.9. The zero-order valence-corrected chi connectivity index (χ0v) is 17.5. The molecule has 0 saturated carbocycles. The van der Waals surface area contributed by atoms with Crippen LogP contribution in [0.3, 0.4) is 0 Å². The predicted octanol–water partition coefficient (Wildman–Crippen LogP) is 3.59. The van der Waals surface area contributed by atoms with Crippen molar-refractivity contribution in [2.45, 2.75) is 39.7 Å². The van der Waals surface area contributed by atoms with E-state index in [0.29, 0.717) is 34.6 Å². The van der Waals surface area contributed by atoms with E-state index in [9.17, 15) is 14.4 Å². The predicted molar refractivity (Wildman–Crippen MR) is 116 cm³/mol. The van der Waals surface area contributed by atoms with E-state index in [-0.39, 0.29) is 5.91 Å². The lowest BCUT2D eigenvalue weighted by Crippen LogP contribution is -2.44. The summed E-state index contributed by atoms with van der Waals surface area (Å²) in [6, 6.07) is 11.2. The smallest absolute Gasteiger partial charge is 0.336 e. The second-order valence-corrected chi connectivity index (χ2v) is 7.37. The summed E-state index contributed by atoms with van der Waals surface area (Å²) in [7, 11) is 0. The van der Waals surface area contributed by atoms with Crippen LogP contribution in [-0.2, 0) is 4.79 Å². The number of nitrogens with zero attached hydrogens (tertiary/aromatic N) is 2. The molecule has 0 aliphatic carbocycles. The Hall–Kier alpha value is -2.86. The third kappa shape index (κ3) is 3.85. The van der Waals surface area contributed by atoms with Crippen LogP contribution in [0.2, 0.25) is 5.02 Å². The topological polar surface area (TPSA) is 73.1 Å². The number of carbonyl (C=O) groups excluding carboxylic acids is 1. The standard InChI is InChI=1S/C22H24ClN3O3/c1-4-12-24-20(27)18(5-2)26-19-9-7-6-8-16(19)21(28)25(22(26)29)15-11-10-14(3)17(23)13-15/h6-11,13,18H,4-5,12H2,1-3H3,(H,24,27). The fraction of sp³-hybridized carbons (Fsp3) is 0.318. The minimum Gasteiger partial charge on any atom is -0.354 e. The lowest BCUT2D eigenvalue weighted by atomic mass is 10.1. The number of aryl methyl sites for hydroxylation is 1. The number of benzene rings is 2. The SMILES string of the molecule is CCCNC(=O)C(CC)n1c(=O)n(-c2ccc(C)c(Cl)c2)c(=O)c2ccccc21. The average molecular weight is 414 g/mol. The molecule has 1 aromatic heterocycles. The van der Waals surface area contributed by atoms with Crippen LogP contribution >= 0.6 is 11.6 Å². The van der Waals surface area contributed by atoms with Gasteiger partial charge in [0.25, 0.3) is 5.56 Å². The van der Waals surface area contributed by atoms with E-state index < -0.39 is 17.3 Å². The van der Waals surface area contributed by atoms with Gasteiger partial charge < -0.3 is 5.32 Å². The molecule has 1 atom stereocenters. The van der Waals surface area contributed by atoms with Gasteiger partial charge in [0, 0.05) is 11.6 Å². The Kier molecular flexibility index (Phi) is 6.23. The van der Waals surface area contributed by atoms with Gasteiger partial charge in [-0.1, -0.05) is 43.6 Å². The lowest BCUT2D eigenvalue weighted by molar-refractivity contribution is -0.124. The molecule has 152 valence electrons. The number of fused-ring (bicyclic) bond motifs is 1. The third-order valence-electron chi connectivity index (χ3n) is 4.96. The van der Waals surface area contributed by atoms with Gasteiger partial charge in [-0.25, -0.2) is 9.36 Å². The number of para-hydroxylation sites is 1. The highest BCUT2D eigenvalue weighted by Gasteiger charge is 2.24. The number of carbonyl (C=O) groups is 1. The summed E-state index contributed by atoms with van der Waals surface area (Å²) in [4.78, 5) is 39.4. The van der Waals surface area contributed by atoms with Crippen LogP contribution < -0.4 is 16.6 Å². The van der Waals surface area contributed by atoms with Crippen molar-refractivity contribution in [3.63, 3.8) is 0 Å². The fourth-order valence-corrected chi connectivity index (χ4v) is 3.56. The van der Waals surface area contributed by atoms with Crippen LogP contribution in [0.1, 0.15) is 38.3 Å². The van der Waals surface area contributed by atoms with Gasteiger partial charge in [0.2, 0.25) is 5.91 Å². The zero-order chi connectivity index (χ0) is 21.1. The monoisotopic (exact) mass is 413 g/mol. The Balaban J connectivity index is 2.35. The molecule has 3 aromatic rings. The number of hydrogen-bond donors (Lipinski definition) is 1. The molecule has 7 heteroatoms. The maximum Gasteiger partial charge on any atom is 0.336 e. The van der Waals surface area contributed by atoms with Gasteiger partial charge in [0.15, 0.2) is 0 Å². The van der Waals surface area contributed by atoms with Crippen LogP contribution in [-0.4, -0.2) is 21.6 Å². The second kappa shape index (κ2) is 8.66. The van der Waals surface area contributed by atoms with E-state index in [2.05, 4.69) is 5.32 Å². The van der Waals surface area contributed by atoms with Crippen LogP contribution in [0.15, 0.2) is 52.1 Å². The Morgan fingerprint density at radius 1 is 1.14 bits per heavy atom. The highest BCUT2D eigenvalue weighted by Crippen LogP contribution is 2.20. The van der Waals surface area contributed by atoms with E-state index in [1.54, 1.807) is 42.5 Å². The molecule has 1 unspecified atom stereocenters. The fourth-order valence-electron chi connectivity index (χ4n) is 3.38. The van der Waals surface area contributed by atoms with Crippen molar-refractivity contribution >= 4 is 28.4 Å². The van der Waals surface area contributed by atoms with Crippen molar-refractivity contribution in [3.05, 3.63) is 73.9 Å². The number of hydrogen-bond acceptors (Lipinski definition) is 3. The van der Waals surface area contributed by atoms with Gasteiger partial charge in [-0.3, -0.25) is 14.2 Å². The largest absolute Gasteiger partial charge is 0.354 e. The number of aromatic nitrogens is 2. The normalized spacial score (nSPS) is 12.1. The van der Waals surface area contributed by atoms with Crippen molar-refractivity contribution in [1.82, 2.24) is 14.5 Å². The van der Waals surface area contributed by atoms with E-state index in [1.165, 1.54) is 4.57 Å². The van der Waals surface area contributed by atoms with Gasteiger partial charge in [-0.15, -0.1) is 0 Å². The minimum atomic E-state index is -0.730. The van der Waals surface area contributed by atoms with Crippen LogP contribution in [0, 0.1) is 6.92 Å². The molecule has 0 radical (unpaired) electrons.